The lowest BCUT2D eigenvalue weighted by Crippen LogP contribution is -2.16. The summed E-state index contributed by atoms with van der Waals surface area (Å²) >= 11 is 3.39. The first kappa shape index (κ1) is 14.3. The quantitative estimate of drug-likeness (QED) is 0.389. The van der Waals surface area contributed by atoms with Gasteiger partial charge in [0.1, 0.15) is 11.4 Å². The normalized spacial score (nSPS) is 11.4. The molecule has 0 unspecified atom stereocenters. The lowest BCUT2D eigenvalue weighted by atomic mass is 10.2. The number of oxime groups is 1. The van der Waals surface area contributed by atoms with Gasteiger partial charge in [0.25, 0.3) is 0 Å². The molecular weight excluding hydrogens is 324 g/mol. The predicted octanol–water partition coefficient (Wildman–Crippen LogP) is 2.74. The molecule has 0 bridgehead atoms. The van der Waals surface area contributed by atoms with Crippen LogP contribution in [0.5, 0.6) is 11.8 Å². The summed E-state index contributed by atoms with van der Waals surface area (Å²) in [7, 11) is 0. The molecule has 0 radical (unpaired) electrons. The number of nitrogens with two attached hydrogens (primary N) is 1. The number of aryl methyl sites for hydroxylation is 2. The van der Waals surface area contributed by atoms with Gasteiger partial charge in [-0.3, -0.25) is 0 Å². The monoisotopic (exact) mass is 336 g/mol. The van der Waals surface area contributed by atoms with Crippen molar-refractivity contribution in [1.29, 1.82) is 0 Å². The lowest BCUT2D eigenvalue weighted by Gasteiger charge is -2.09. The number of nitrogens with zero attached hydrogens (tertiary/aromatic N) is 3. The van der Waals surface area contributed by atoms with Crippen molar-refractivity contribution in [3.05, 3.63) is 45.7 Å². The molecule has 0 amide bonds. The smallest absolute Gasteiger partial charge is 0.322 e. The first-order valence-electron chi connectivity index (χ1n) is 5.77. The number of amidine groups is 1. The molecule has 0 saturated carbocycles. The second kappa shape index (κ2) is 5.87. The van der Waals surface area contributed by atoms with E-state index in [2.05, 4.69) is 31.1 Å². The van der Waals surface area contributed by atoms with Gasteiger partial charge in [-0.15, -0.1) is 0 Å². The zero-order chi connectivity index (χ0) is 14.7. The van der Waals surface area contributed by atoms with Crippen molar-refractivity contribution in [3.63, 3.8) is 0 Å². The van der Waals surface area contributed by atoms with Gasteiger partial charge in [0.05, 0.1) is 0 Å². The minimum Gasteiger partial charge on any atom is -0.424 e. The van der Waals surface area contributed by atoms with Crippen LogP contribution in [0.2, 0.25) is 0 Å². The summed E-state index contributed by atoms with van der Waals surface area (Å²) in [4.78, 5) is 8.27. The summed E-state index contributed by atoms with van der Waals surface area (Å²) in [5.41, 5.74) is 7.43. The SMILES string of the molecule is Cc1cc(/C(N)=N/O)nc(Oc2ccc(Br)cc2C)n1. The Bertz CT molecular complexity index is 673. The topological polar surface area (TPSA) is 93.6 Å². The molecule has 20 heavy (non-hydrogen) atoms. The van der Waals surface area contributed by atoms with Crippen LogP contribution in [0.1, 0.15) is 17.0 Å². The van der Waals surface area contributed by atoms with Crippen LogP contribution < -0.4 is 10.5 Å². The zero-order valence-corrected chi connectivity index (χ0v) is 12.5. The van der Waals surface area contributed by atoms with Gasteiger partial charge in [-0.25, -0.2) is 4.98 Å². The number of halogens is 1. The van der Waals surface area contributed by atoms with Crippen molar-refractivity contribution in [2.24, 2.45) is 10.9 Å². The van der Waals surface area contributed by atoms with E-state index in [0.29, 0.717) is 17.1 Å². The van der Waals surface area contributed by atoms with Crippen molar-refractivity contribution in [1.82, 2.24) is 9.97 Å². The number of rotatable bonds is 3. The summed E-state index contributed by atoms with van der Waals surface area (Å²) in [6.45, 7) is 3.69. The molecule has 1 aromatic heterocycles. The van der Waals surface area contributed by atoms with E-state index in [1.54, 1.807) is 13.0 Å². The third kappa shape index (κ3) is 3.24. The highest BCUT2D eigenvalue weighted by atomic mass is 79.9. The van der Waals surface area contributed by atoms with Crippen molar-refractivity contribution in [2.45, 2.75) is 13.8 Å². The predicted molar refractivity (Wildman–Crippen MR) is 78.2 cm³/mol. The maximum absolute atomic E-state index is 8.69. The Morgan fingerprint density at radius 2 is 2.05 bits per heavy atom. The van der Waals surface area contributed by atoms with Crippen LogP contribution in [0.15, 0.2) is 33.9 Å². The maximum atomic E-state index is 8.69. The first-order valence-corrected chi connectivity index (χ1v) is 6.56. The first-order chi connectivity index (χ1) is 9.49. The number of aromatic nitrogens is 2. The average Bonchev–Trinajstić information content (AvgIpc) is 2.40. The van der Waals surface area contributed by atoms with Crippen LogP contribution in [0.3, 0.4) is 0 Å². The number of hydrogen-bond donors (Lipinski definition) is 2. The average molecular weight is 337 g/mol. The number of ether oxygens (including phenoxy) is 1. The second-order valence-corrected chi connectivity index (χ2v) is 5.09. The Morgan fingerprint density at radius 1 is 1.30 bits per heavy atom. The van der Waals surface area contributed by atoms with Crippen molar-refractivity contribution >= 4 is 21.8 Å². The molecule has 0 fully saturated rings. The molecule has 0 aliphatic rings. The Labute approximate surface area is 124 Å². The van der Waals surface area contributed by atoms with Gasteiger partial charge in [-0.1, -0.05) is 21.1 Å². The fourth-order valence-electron chi connectivity index (χ4n) is 1.60. The minimum absolute atomic E-state index is 0.0899. The van der Waals surface area contributed by atoms with Crippen molar-refractivity contribution < 1.29 is 9.94 Å². The van der Waals surface area contributed by atoms with E-state index in [1.165, 1.54) is 0 Å². The zero-order valence-electron chi connectivity index (χ0n) is 11.0. The van der Waals surface area contributed by atoms with Gasteiger partial charge in [0.15, 0.2) is 5.84 Å². The summed E-state index contributed by atoms with van der Waals surface area (Å²) in [6.07, 6.45) is 0. The summed E-state index contributed by atoms with van der Waals surface area (Å²) in [5, 5.41) is 11.6. The van der Waals surface area contributed by atoms with Gasteiger partial charge in [-0.2, -0.15) is 4.98 Å². The molecule has 2 aromatic rings. The fourth-order valence-corrected chi connectivity index (χ4v) is 2.07. The Balaban J connectivity index is 2.36. The highest BCUT2D eigenvalue weighted by Gasteiger charge is 2.09. The minimum atomic E-state index is -0.0899. The highest BCUT2D eigenvalue weighted by Crippen LogP contribution is 2.25. The van der Waals surface area contributed by atoms with E-state index in [4.69, 9.17) is 15.7 Å². The molecule has 0 spiro atoms. The van der Waals surface area contributed by atoms with Gasteiger partial charge in [0.2, 0.25) is 0 Å². The molecule has 2 rings (SSSR count). The molecule has 0 aliphatic heterocycles. The molecule has 7 heteroatoms. The van der Waals surface area contributed by atoms with Gasteiger partial charge in [-0.05, 0) is 43.7 Å². The fraction of sp³-hybridized carbons (Fsp3) is 0.154. The van der Waals surface area contributed by atoms with Crippen LogP contribution >= 0.6 is 15.9 Å². The Hall–Kier alpha value is -2.15. The number of benzene rings is 1. The van der Waals surface area contributed by atoms with Crippen molar-refractivity contribution in [3.8, 4) is 11.8 Å². The molecule has 0 atom stereocenters. The van der Waals surface area contributed by atoms with E-state index < -0.39 is 0 Å². The molecule has 0 aliphatic carbocycles. The molecule has 104 valence electrons. The van der Waals surface area contributed by atoms with E-state index in [0.717, 1.165) is 10.0 Å². The maximum Gasteiger partial charge on any atom is 0.322 e. The van der Waals surface area contributed by atoms with Gasteiger partial charge in [0, 0.05) is 10.2 Å². The van der Waals surface area contributed by atoms with Gasteiger partial charge >= 0.3 is 6.01 Å². The van der Waals surface area contributed by atoms with Crippen LogP contribution in [-0.2, 0) is 0 Å². The van der Waals surface area contributed by atoms with E-state index >= 15 is 0 Å². The third-order valence-corrected chi connectivity index (χ3v) is 3.04. The van der Waals surface area contributed by atoms with E-state index in [1.807, 2.05) is 25.1 Å². The summed E-state index contributed by atoms with van der Waals surface area (Å²) in [5.74, 6) is 0.553. The standard InChI is InChI=1S/C13H13BrN4O2/c1-7-5-9(14)3-4-11(7)20-13-16-8(2)6-10(17-13)12(15)18-19/h3-6,19H,1-2H3,(H2,15,18). The molecule has 1 heterocycles. The largest absolute Gasteiger partial charge is 0.424 e. The Morgan fingerprint density at radius 3 is 2.70 bits per heavy atom. The highest BCUT2D eigenvalue weighted by molar-refractivity contribution is 9.10. The summed E-state index contributed by atoms with van der Waals surface area (Å²) in [6, 6.07) is 7.36. The second-order valence-electron chi connectivity index (χ2n) is 4.17. The van der Waals surface area contributed by atoms with E-state index in [9.17, 15) is 0 Å². The molecular formula is C13H13BrN4O2. The van der Waals surface area contributed by atoms with Crippen LogP contribution in [0.25, 0.3) is 0 Å². The molecule has 0 saturated heterocycles. The van der Waals surface area contributed by atoms with Crippen LogP contribution in [0, 0.1) is 13.8 Å². The molecule has 3 N–H and O–H groups in total. The van der Waals surface area contributed by atoms with Crippen LogP contribution in [-0.4, -0.2) is 21.0 Å². The molecule has 6 nitrogen and oxygen atoms in total. The lowest BCUT2D eigenvalue weighted by molar-refractivity contribution is 0.318. The summed E-state index contributed by atoms with van der Waals surface area (Å²) < 4.78 is 6.61. The van der Waals surface area contributed by atoms with Crippen molar-refractivity contribution in [2.75, 3.05) is 0 Å². The van der Waals surface area contributed by atoms with Gasteiger partial charge < -0.3 is 15.7 Å². The third-order valence-electron chi connectivity index (χ3n) is 2.54. The Kier molecular flexibility index (Phi) is 4.19. The van der Waals surface area contributed by atoms with E-state index in [-0.39, 0.29) is 11.8 Å². The molecule has 1 aromatic carbocycles. The van der Waals surface area contributed by atoms with Crippen LogP contribution in [0.4, 0.5) is 0 Å². The number of hydrogen-bond acceptors (Lipinski definition) is 5.